The Morgan fingerprint density at radius 2 is 2.28 bits per heavy atom. The normalized spacial score (nSPS) is 17.2. The fraction of sp³-hybridized carbons (Fsp3) is 0.312. The molecule has 9 heteroatoms. The maximum absolute atomic E-state index is 12.0. The number of fused-ring (bicyclic) bond motifs is 1. The van der Waals surface area contributed by atoms with Gasteiger partial charge in [-0.3, -0.25) is 24.2 Å². The third-order valence-corrected chi connectivity index (χ3v) is 4.26. The Labute approximate surface area is 142 Å². The Kier molecular flexibility index (Phi) is 3.68. The van der Waals surface area contributed by atoms with Crippen LogP contribution in [0.25, 0.3) is 10.9 Å². The fourth-order valence-electron chi connectivity index (χ4n) is 2.95. The number of aromatic amines is 1. The van der Waals surface area contributed by atoms with Gasteiger partial charge in [-0.2, -0.15) is 10.1 Å². The molecule has 1 N–H and O–H groups in total. The first-order valence-electron chi connectivity index (χ1n) is 7.92. The minimum Gasteiger partial charge on any atom is -0.422 e. The molecule has 4 rings (SSSR count). The first-order chi connectivity index (χ1) is 12.1. The molecule has 1 atom stereocenters. The van der Waals surface area contributed by atoms with Gasteiger partial charge in [0, 0.05) is 26.2 Å². The van der Waals surface area contributed by atoms with E-state index in [0.717, 1.165) is 13.0 Å². The lowest BCUT2D eigenvalue weighted by atomic mass is 10.3. The van der Waals surface area contributed by atoms with Gasteiger partial charge in [-0.15, -0.1) is 0 Å². The molecule has 1 amide bonds. The summed E-state index contributed by atoms with van der Waals surface area (Å²) >= 11 is 0. The van der Waals surface area contributed by atoms with Crippen LogP contribution in [0, 0.1) is 0 Å². The molecule has 4 heterocycles. The standard InChI is InChI=1S/C16H16N6O3/c1-10(23)21-5-3-11(8-21)22-9-12(6-18-22)25-16-19-14-7-17-4-2-13(14)15(24)20-16/h2,4,6-7,9,11H,3,5,8H2,1H3,(H,19,20,24)/t11-/m0/s1. The van der Waals surface area contributed by atoms with Crippen LogP contribution in [-0.2, 0) is 4.79 Å². The maximum Gasteiger partial charge on any atom is 0.302 e. The molecule has 128 valence electrons. The van der Waals surface area contributed by atoms with Gasteiger partial charge in [-0.25, -0.2) is 0 Å². The van der Waals surface area contributed by atoms with Gasteiger partial charge in [0.15, 0.2) is 5.75 Å². The van der Waals surface area contributed by atoms with E-state index < -0.39 is 0 Å². The quantitative estimate of drug-likeness (QED) is 0.765. The lowest BCUT2D eigenvalue weighted by molar-refractivity contribution is -0.127. The number of pyridine rings is 1. The molecule has 0 radical (unpaired) electrons. The molecule has 9 nitrogen and oxygen atoms in total. The van der Waals surface area contributed by atoms with E-state index in [1.807, 2.05) is 0 Å². The predicted molar refractivity (Wildman–Crippen MR) is 88.4 cm³/mol. The van der Waals surface area contributed by atoms with Crippen LogP contribution < -0.4 is 10.3 Å². The number of amides is 1. The number of carbonyl (C=O) groups excluding carboxylic acids is 1. The first kappa shape index (κ1) is 15.3. The highest BCUT2D eigenvalue weighted by molar-refractivity contribution is 5.76. The second kappa shape index (κ2) is 6.00. The summed E-state index contributed by atoms with van der Waals surface area (Å²) in [6, 6.07) is 1.81. The number of nitrogens with zero attached hydrogens (tertiary/aromatic N) is 5. The molecular formula is C16H16N6O3. The molecule has 0 spiro atoms. The molecule has 0 saturated carbocycles. The molecule has 0 aliphatic carbocycles. The number of aromatic nitrogens is 5. The molecule has 1 saturated heterocycles. The van der Waals surface area contributed by atoms with Crippen LogP contribution in [-0.4, -0.2) is 48.6 Å². The molecule has 3 aromatic heterocycles. The highest BCUT2D eigenvalue weighted by Crippen LogP contribution is 2.24. The summed E-state index contributed by atoms with van der Waals surface area (Å²) in [6.07, 6.45) is 7.19. The monoisotopic (exact) mass is 340 g/mol. The van der Waals surface area contributed by atoms with Crippen molar-refractivity contribution in [3.05, 3.63) is 41.2 Å². The van der Waals surface area contributed by atoms with Crippen LogP contribution in [0.2, 0.25) is 0 Å². The number of rotatable bonds is 3. The van der Waals surface area contributed by atoms with E-state index in [1.54, 1.807) is 35.0 Å². The second-order valence-corrected chi connectivity index (χ2v) is 5.93. The maximum atomic E-state index is 12.0. The number of ether oxygens (including phenoxy) is 1. The second-order valence-electron chi connectivity index (χ2n) is 5.93. The van der Waals surface area contributed by atoms with Crippen LogP contribution in [0.5, 0.6) is 11.8 Å². The highest BCUT2D eigenvalue weighted by Gasteiger charge is 2.26. The number of H-pyrrole nitrogens is 1. The molecular weight excluding hydrogens is 324 g/mol. The summed E-state index contributed by atoms with van der Waals surface area (Å²) in [7, 11) is 0. The number of hydrogen-bond donors (Lipinski definition) is 1. The largest absolute Gasteiger partial charge is 0.422 e. The number of carbonyl (C=O) groups is 1. The lowest BCUT2D eigenvalue weighted by Crippen LogP contribution is -2.26. The summed E-state index contributed by atoms with van der Waals surface area (Å²) < 4.78 is 7.40. The molecule has 0 bridgehead atoms. The van der Waals surface area contributed by atoms with E-state index >= 15 is 0 Å². The van der Waals surface area contributed by atoms with E-state index in [4.69, 9.17) is 4.74 Å². The summed E-state index contributed by atoms with van der Waals surface area (Å²) in [5.74, 6) is 0.533. The van der Waals surface area contributed by atoms with E-state index in [0.29, 0.717) is 23.2 Å². The van der Waals surface area contributed by atoms with Crippen LogP contribution in [0.1, 0.15) is 19.4 Å². The van der Waals surface area contributed by atoms with Gasteiger partial charge in [-0.1, -0.05) is 0 Å². The van der Waals surface area contributed by atoms with Crippen molar-refractivity contribution < 1.29 is 9.53 Å². The zero-order chi connectivity index (χ0) is 17.4. The molecule has 3 aromatic rings. The highest BCUT2D eigenvalue weighted by atomic mass is 16.5. The van der Waals surface area contributed by atoms with E-state index in [1.165, 1.54) is 12.4 Å². The van der Waals surface area contributed by atoms with Crippen molar-refractivity contribution in [3.8, 4) is 11.8 Å². The molecule has 0 aromatic carbocycles. The molecule has 0 unspecified atom stereocenters. The van der Waals surface area contributed by atoms with Gasteiger partial charge in [0.25, 0.3) is 5.56 Å². The Morgan fingerprint density at radius 1 is 1.40 bits per heavy atom. The number of hydrogen-bond acceptors (Lipinski definition) is 6. The average Bonchev–Trinajstić information content (AvgIpc) is 3.24. The van der Waals surface area contributed by atoms with Crippen LogP contribution in [0.3, 0.4) is 0 Å². The van der Waals surface area contributed by atoms with Gasteiger partial charge in [0.2, 0.25) is 5.91 Å². The summed E-state index contributed by atoms with van der Waals surface area (Å²) in [5, 5.41) is 4.75. The lowest BCUT2D eigenvalue weighted by Gasteiger charge is -2.13. The van der Waals surface area contributed by atoms with Gasteiger partial charge in [0.05, 0.1) is 35.5 Å². The first-order valence-corrected chi connectivity index (χ1v) is 7.92. The van der Waals surface area contributed by atoms with Crippen molar-refractivity contribution in [2.75, 3.05) is 13.1 Å². The zero-order valence-electron chi connectivity index (χ0n) is 13.5. The van der Waals surface area contributed by atoms with Gasteiger partial charge >= 0.3 is 6.01 Å². The number of likely N-dealkylation sites (tertiary alicyclic amines) is 1. The zero-order valence-corrected chi connectivity index (χ0v) is 13.5. The minimum absolute atomic E-state index is 0.0673. The minimum atomic E-state index is -0.289. The van der Waals surface area contributed by atoms with E-state index in [2.05, 4.69) is 20.1 Å². The molecule has 1 aliphatic heterocycles. The van der Waals surface area contributed by atoms with E-state index in [-0.39, 0.29) is 23.5 Å². The molecule has 25 heavy (non-hydrogen) atoms. The van der Waals surface area contributed by atoms with E-state index in [9.17, 15) is 9.59 Å². The fourth-order valence-corrected chi connectivity index (χ4v) is 2.95. The van der Waals surface area contributed by atoms with Gasteiger partial charge in [0.1, 0.15) is 0 Å². The van der Waals surface area contributed by atoms with Crippen LogP contribution >= 0.6 is 0 Å². The Bertz CT molecular complexity index is 995. The summed E-state index contributed by atoms with van der Waals surface area (Å²) in [5.41, 5.74) is 0.171. The van der Waals surface area contributed by atoms with Crippen molar-refractivity contribution in [2.24, 2.45) is 0 Å². The Balaban J connectivity index is 1.54. The number of nitrogens with one attached hydrogen (secondary N) is 1. The van der Waals surface area contributed by atoms with Gasteiger partial charge < -0.3 is 9.64 Å². The molecule has 1 fully saturated rings. The summed E-state index contributed by atoms with van der Waals surface area (Å²) in [6.45, 7) is 2.92. The van der Waals surface area contributed by atoms with Crippen molar-refractivity contribution in [3.63, 3.8) is 0 Å². The Morgan fingerprint density at radius 3 is 3.08 bits per heavy atom. The topological polar surface area (TPSA) is 106 Å². The SMILES string of the molecule is CC(=O)N1CC[C@H](n2cc(Oc3nc4cnccc4c(=O)[nH]3)cn2)C1. The average molecular weight is 340 g/mol. The third-order valence-electron chi connectivity index (χ3n) is 4.26. The van der Waals surface area contributed by atoms with Crippen LogP contribution in [0.4, 0.5) is 0 Å². The smallest absolute Gasteiger partial charge is 0.302 e. The predicted octanol–water partition coefficient (Wildman–Crippen LogP) is 1.10. The van der Waals surface area contributed by atoms with Crippen LogP contribution in [0.15, 0.2) is 35.6 Å². The van der Waals surface area contributed by atoms with Gasteiger partial charge in [-0.05, 0) is 12.5 Å². The summed E-state index contributed by atoms with van der Waals surface area (Å²) in [4.78, 5) is 36.1. The molecule has 1 aliphatic rings. The van der Waals surface area contributed by atoms with Crippen molar-refractivity contribution >= 4 is 16.8 Å². The van der Waals surface area contributed by atoms with Crippen molar-refractivity contribution in [1.82, 2.24) is 29.6 Å². The third kappa shape index (κ3) is 2.95. The Hall–Kier alpha value is -3.23. The van der Waals surface area contributed by atoms with Crippen molar-refractivity contribution in [1.29, 1.82) is 0 Å². The van der Waals surface area contributed by atoms with Crippen molar-refractivity contribution in [2.45, 2.75) is 19.4 Å².